The zero-order chi connectivity index (χ0) is 11.2. The van der Waals surface area contributed by atoms with Gasteiger partial charge >= 0.3 is 0 Å². The van der Waals surface area contributed by atoms with Gasteiger partial charge in [-0.3, -0.25) is 4.79 Å². The van der Waals surface area contributed by atoms with Crippen molar-refractivity contribution in [3.63, 3.8) is 0 Å². The highest BCUT2D eigenvalue weighted by atomic mass is 16.5. The van der Waals surface area contributed by atoms with Crippen molar-refractivity contribution in [3.8, 4) is 0 Å². The molecule has 0 aromatic rings. The van der Waals surface area contributed by atoms with Crippen LogP contribution in [0.1, 0.15) is 25.7 Å². The first kappa shape index (κ1) is 11.9. The van der Waals surface area contributed by atoms with Crippen molar-refractivity contribution < 1.29 is 9.53 Å². The third-order valence-corrected chi connectivity index (χ3v) is 3.27. The van der Waals surface area contributed by atoms with Crippen LogP contribution in [0.15, 0.2) is 0 Å². The number of piperidine rings is 1. The van der Waals surface area contributed by atoms with E-state index in [9.17, 15) is 4.79 Å². The van der Waals surface area contributed by atoms with E-state index >= 15 is 0 Å². The van der Waals surface area contributed by atoms with Gasteiger partial charge in [-0.1, -0.05) is 0 Å². The minimum Gasteiger partial charge on any atom is -0.371 e. The molecule has 4 nitrogen and oxygen atoms in total. The fraction of sp³-hybridized carbons (Fsp3) is 0.917. The van der Waals surface area contributed by atoms with Crippen LogP contribution in [0, 0.1) is 11.8 Å². The summed E-state index contributed by atoms with van der Waals surface area (Å²) in [5.74, 6) is 1.36. The Hall–Kier alpha value is -0.610. The van der Waals surface area contributed by atoms with Crippen LogP contribution in [-0.2, 0) is 9.53 Å². The Labute approximate surface area is 97.1 Å². The van der Waals surface area contributed by atoms with Gasteiger partial charge in [0, 0.05) is 6.54 Å². The summed E-state index contributed by atoms with van der Waals surface area (Å²) in [5.41, 5.74) is 0. The van der Waals surface area contributed by atoms with Gasteiger partial charge in [-0.25, -0.2) is 0 Å². The molecule has 1 amide bonds. The van der Waals surface area contributed by atoms with Crippen LogP contribution in [0.4, 0.5) is 0 Å². The zero-order valence-electron chi connectivity index (χ0n) is 9.84. The maximum Gasteiger partial charge on any atom is 0.246 e. The van der Waals surface area contributed by atoms with Gasteiger partial charge in [0.15, 0.2) is 0 Å². The smallest absolute Gasteiger partial charge is 0.246 e. The van der Waals surface area contributed by atoms with Gasteiger partial charge in [-0.2, -0.15) is 0 Å². The van der Waals surface area contributed by atoms with E-state index in [2.05, 4.69) is 10.6 Å². The van der Waals surface area contributed by atoms with Gasteiger partial charge in [0.1, 0.15) is 6.61 Å². The van der Waals surface area contributed by atoms with E-state index in [0.29, 0.717) is 5.92 Å². The predicted octanol–water partition coefficient (Wildman–Crippen LogP) is 0.529. The van der Waals surface area contributed by atoms with Crippen molar-refractivity contribution >= 4 is 5.91 Å². The number of ether oxygens (including phenoxy) is 1. The largest absolute Gasteiger partial charge is 0.371 e. The summed E-state index contributed by atoms with van der Waals surface area (Å²) in [5, 5.41) is 6.28. The molecule has 2 fully saturated rings. The molecule has 1 unspecified atom stereocenters. The lowest BCUT2D eigenvalue weighted by Gasteiger charge is -2.22. The van der Waals surface area contributed by atoms with Gasteiger partial charge in [-0.05, 0) is 50.6 Å². The number of nitrogens with one attached hydrogen (secondary N) is 2. The summed E-state index contributed by atoms with van der Waals surface area (Å²) < 4.78 is 5.33. The van der Waals surface area contributed by atoms with Crippen molar-refractivity contribution in [3.05, 3.63) is 0 Å². The molecule has 2 aliphatic rings. The molecule has 0 aromatic heterocycles. The Morgan fingerprint density at radius 2 is 2.19 bits per heavy atom. The summed E-state index contributed by atoms with van der Waals surface area (Å²) in [7, 11) is 0. The number of hydrogen-bond donors (Lipinski definition) is 2. The molecule has 0 bridgehead atoms. The van der Waals surface area contributed by atoms with Gasteiger partial charge in [0.25, 0.3) is 0 Å². The van der Waals surface area contributed by atoms with Crippen LogP contribution in [0.25, 0.3) is 0 Å². The quantitative estimate of drug-likeness (QED) is 0.694. The molecule has 16 heavy (non-hydrogen) atoms. The summed E-state index contributed by atoms with van der Waals surface area (Å²) in [4.78, 5) is 11.4. The summed E-state index contributed by atoms with van der Waals surface area (Å²) in [6.07, 6.45) is 4.99. The van der Waals surface area contributed by atoms with Crippen molar-refractivity contribution in [1.29, 1.82) is 0 Å². The van der Waals surface area contributed by atoms with E-state index in [1.165, 1.54) is 25.7 Å². The number of rotatable bonds is 6. The van der Waals surface area contributed by atoms with E-state index in [-0.39, 0.29) is 12.5 Å². The lowest BCUT2D eigenvalue weighted by atomic mass is 10.00. The van der Waals surface area contributed by atoms with Gasteiger partial charge in [0.05, 0.1) is 6.61 Å². The summed E-state index contributed by atoms with van der Waals surface area (Å²) >= 11 is 0. The third-order valence-electron chi connectivity index (χ3n) is 3.27. The highest BCUT2D eigenvalue weighted by Crippen LogP contribution is 2.28. The van der Waals surface area contributed by atoms with Gasteiger partial charge in [-0.15, -0.1) is 0 Å². The minimum absolute atomic E-state index is 0.0335. The maximum atomic E-state index is 11.4. The van der Waals surface area contributed by atoms with Crippen molar-refractivity contribution in [2.24, 2.45) is 11.8 Å². The second-order valence-corrected chi connectivity index (χ2v) is 4.97. The lowest BCUT2D eigenvalue weighted by molar-refractivity contribution is -0.126. The highest BCUT2D eigenvalue weighted by Gasteiger charge is 2.21. The number of carbonyl (C=O) groups is 1. The molecule has 1 aliphatic carbocycles. The summed E-state index contributed by atoms with van der Waals surface area (Å²) in [6.45, 7) is 3.94. The zero-order valence-corrected chi connectivity index (χ0v) is 9.84. The van der Waals surface area contributed by atoms with Crippen LogP contribution in [0.3, 0.4) is 0 Å². The Balaban J connectivity index is 1.48. The van der Waals surface area contributed by atoms with Crippen LogP contribution < -0.4 is 10.6 Å². The molecular weight excluding hydrogens is 204 g/mol. The molecule has 92 valence electrons. The van der Waals surface area contributed by atoms with Gasteiger partial charge < -0.3 is 15.4 Å². The van der Waals surface area contributed by atoms with Crippen molar-refractivity contribution in [2.75, 3.05) is 32.8 Å². The fourth-order valence-corrected chi connectivity index (χ4v) is 2.01. The van der Waals surface area contributed by atoms with Crippen molar-refractivity contribution in [2.45, 2.75) is 25.7 Å². The first-order valence-electron chi connectivity index (χ1n) is 6.40. The number of amides is 1. The normalized spacial score (nSPS) is 25.4. The first-order valence-corrected chi connectivity index (χ1v) is 6.40. The van der Waals surface area contributed by atoms with Crippen LogP contribution in [0.2, 0.25) is 0 Å². The molecular formula is C12H22N2O2. The summed E-state index contributed by atoms with van der Waals surface area (Å²) in [6, 6.07) is 0. The molecule has 1 aliphatic heterocycles. The van der Waals surface area contributed by atoms with Crippen LogP contribution in [0.5, 0.6) is 0 Å². The van der Waals surface area contributed by atoms with E-state index in [0.717, 1.165) is 32.2 Å². The van der Waals surface area contributed by atoms with E-state index in [4.69, 9.17) is 4.74 Å². The number of hydrogen-bond acceptors (Lipinski definition) is 3. The highest BCUT2D eigenvalue weighted by molar-refractivity contribution is 5.77. The Morgan fingerprint density at radius 1 is 1.31 bits per heavy atom. The molecule has 1 heterocycles. The molecule has 1 saturated carbocycles. The Morgan fingerprint density at radius 3 is 2.88 bits per heavy atom. The predicted molar refractivity (Wildman–Crippen MR) is 62.1 cm³/mol. The lowest BCUT2D eigenvalue weighted by Crippen LogP contribution is -2.39. The molecule has 4 heteroatoms. The van der Waals surface area contributed by atoms with E-state index < -0.39 is 0 Å². The Bertz CT molecular complexity index is 223. The minimum atomic E-state index is 0.0335. The molecule has 1 saturated heterocycles. The van der Waals surface area contributed by atoms with Crippen molar-refractivity contribution in [1.82, 2.24) is 10.6 Å². The Kier molecular flexibility index (Phi) is 4.60. The average Bonchev–Trinajstić information content (AvgIpc) is 3.12. The standard InChI is InChI=1S/C12H22N2O2/c15-12(9-16-8-10-3-4-10)14-7-11-2-1-5-13-6-11/h10-11,13H,1-9H2,(H,14,15). The molecule has 0 radical (unpaired) electrons. The topological polar surface area (TPSA) is 50.4 Å². The van der Waals surface area contributed by atoms with E-state index in [1.54, 1.807) is 0 Å². The van der Waals surface area contributed by atoms with E-state index in [1.807, 2.05) is 0 Å². The average molecular weight is 226 g/mol. The van der Waals surface area contributed by atoms with Crippen LogP contribution in [-0.4, -0.2) is 38.8 Å². The molecule has 2 N–H and O–H groups in total. The van der Waals surface area contributed by atoms with Crippen LogP contribution >= 0.6 is 0 Å². The second kappa shape index (κ2) is 6.21. The fourth-order valence-electron chi connectivity index (χ4n) is 2.01. The molecule has 0 spiro atoms. The second-order valence-electron chi connectivity index (χ2n) is 4.97. The maximum absolute atomic E-state index is 11.4. The monoisotopic (exact) mass is 226 g/mol. The SMILES string of the molecule is O=C(COCC1CC1)NCC1CCCNC1. The third kappa shape index (κ3) is 4.49. The molecule has 2 rings (SSSR count). The first-order chi connectivity index (χ1) is 7.84. The molecule has 0 aromatic carbocycles. The number of carbonyl (C=O) groups excluding carboxylic acids is 1. The van der Waals surface area contributed by atoms with Gasteiger partial charge in [0.2, 0.25) is 5.91 Å². The molecule has 1 atom stereocenters.